The minimum Gasteiger partial charge on any atom is -0.497 e. The Morgan fingerprint density at radius 1 is 1.11 bits per heavy atom. The second-order valence-electron chi connectivity index (χ2n) is 8.36. The van der Waals surface area contributed by atoms with Gasteiger partial charge in [-0.05, 0) is 68.3 Å². The number of nitrogens with two attached hydrogens (primary N) is 1. The summed E-state index contributed by atoms with van der Waals surface area (Å²) in [5, 5.41) is 6.24. The first-order chi connectivity index (χ1) is 17.5. The molecule has 4 rings (SSSR count). The van der Waals surface area contributed by atoms with Crippen molar-refractivity contribution in [2.24, 2.45) is 5.73 Å². The molecule has 1 atom stereocenters. The highest BCUT2D eigenvalue weighted by molar-refractivity contribution is 5.96. The maximum Gasteiger partial charge on any atom is 0.271 e. The van der Waals surface area contributed by atoms with Crippen LogP contribution < -0.4 is 30.7 Å². The highest BCUT2D eigenvalue weighted by Crippen LogP contribution is 2.25. The zero-order valence-electron chi connectivity index (χ0n) is 20.4. The highest BCUT2D eigenvalue weighted by atomic mass is 16.5. The number of carbonyl (C=O) groups excluding carboxylic acids is 2. The summed E-state index contributed by atoms with van der Waals surface area (Å²) in [6.45, 7) is 3.81. The molecule has 4 N–H and O–H groups in total. The van der Waals surface area contributed by atoms with Crippen molar-refractivity contribution in [1.29, 1.82) is 0 Å². The van der Waals surface area contributed by atoms with Crippen LogP contribution in [-0.2, 0) is 0 Å². The van der Waals surface area contributed by atoms with E-state index in [2.05, 4.69) is 20.6 Å². The molecule has 3 aromatic rings. The predicted octanol–water partition coefficient (Wildman–Crippen LogP) is 3.13. The lowest BCUT2D eigenvalue weighted by Gasteiger charge is -2.34. The average molecular weight is 491 g/mol. The molecule has 2 heterocycles. The van der Waals surface area contributed by atoms with E-state index >= 15 is 0 Å². The molecule has 2 amide bonds. The topological polar surface area (TPSA) is 132 Å². The van der Waals surface area contributed by atoms with Gasteiger partial charge in [-0.1, -0.05) is 0 Å². The minimum absolute atomic E-state index is 0.0500. The van der Waals surface area contributed by atoms with Crippen LogP contribution in [0.2, 0.25) is 0 Å². The standard InChI is InChI=1S/C26H30N6O4/c1-3-36-21-12-8-18(9-13-21)29-25-23(24(27)33)28-15-22(31-25)32-14-4-5-19(16-32)30-26(34)17-6-10-20(35-2)11-7-17/h6-13,15,19H,3-5,14,16H2,1-2H3,(H2,27,33)(H,29,31)(H,30,34)/t19-/m1/s1. The molecular weight excluding hydrogens is 460 g/mol. The zero-order valence-corrected chi connectivity index (χ0v) is 20.4. The Bertz CT molecular complexity index is 1200. The van der Waals surface area contributed by atoms with Crippen LogP contribution in [0, 0.1) is 0 Å². The third kappa shape index (κ3) is 6.01. The number of nitrogens with zero attached hydrogens (tertiary/aromatic N) is 3. The molecule has 10 nitrogen and oxygen atoms in total. The molecule has 0 spiro atoms. The lowest BCUT2D eigenvalue weighted by molar-refractivity contribution is 0.0931. The van der Waals surface area contributed by atoms with E-state index in [1.165, 1.54) is 6.20 Å². The van der Waals surface area contributed by atoms with E-state index in [0.717, 1.165) is 30.8 Å². The molecule has 36 heavy (non-hydrogen) atoms. The zero-order chi connectivity index (χ0) is 25.5. The average Bonchev–Trinajstić information content (AvgIpc) is 2.90. The summed E-state index contributed by atoms with van der Waals surface area (Å²) in [4.78, 5) is 35.7. The van der Waals surface area contributed by atoms with E-state index < -0.39 is 5.91 Å². The largest absolute Gasteiger partial charge is 0.497 e. The molecule has 1 aliphatic rings. The molecule has 2 aromatic carbocycles. The van der Waals surface area contributed by atoms with Crippen LogP contribution in [0.25, 0.3) is 0 Å². The van der Waals surface area contributed by atoms with Crippen LogP contribution in [0.1, 0.15) is 40.6 Å². The van der Waals surface area contributed by atoms with Gasteiger partial charge in [0, 0.05) is 30.4 Å². The number of amides is 2. The molecule has 1 aliphatic heterocycles. The van der Waals surface area contributed by atoms with E-state index in [1.807, 2.05) is 36.1 Å². The molecule has 1 fully saturated rings. The fourth-order valence-corrected chi connectivity index (χ4v) is 4.05. The lowest BCUT2D eigenvalue weighted by atomic mass is 10.0. The van der Waals surface area contributed by atoms with E-state index in [-0.39, 0.29) is 23.5 Å². The number of nitrogens with one attached hydrogen (secondary N) is 2. The van der Waals surface area contributed by atoms with Crippen LogP contribution in [0.4, 0.5) is 17.3 Å². The number of benzene rings is 2. The van der Waals surface area contributed by atoms with Gasteiger partial charge in [0.1, 0.15) is 17.3 Å². The molecule has 1 saturated heterocycles. The van der Waals surface area contributed by atoms with Gasteiger partial charge >= 0.3 is 0 Å². The third-order valence-corrected chi connectivity index (χ3v) is 5.85. The van der Waals surface area contributed by atoms with Gasteiger partial charge in [0.15, 0.2) is 11.5 Å². The first-order valence-electron chi connectivity index (χ1n) is 11.8. The molecule has 0 radical (unpaired) electrons. The fraction of sp³-hybridized carbons (Fsp3) is 0.308. The van der Waals surface area contributed by atoms with Crippen LogP contribution in [-0.4, -0.2) is 54.6 Å². The van der Waals surface area contributed by atoms with Gasteiger partial charge in [0.2, 0.25) is 0 Å². The Hall–Kier alpha value is -4.34. The number of piperidine rings is 1. The fourth-order valence-electron chi connectivity index (χ4n) is 4.05. The van der Waals surface area contributed by atoms with Crippen molar-refractivity contribution in [2.45, 2.75) is 25.8 Å². The number of primary amides is 1. The van der Waals surface area contributed by atoms with Crippen molar-refractivity contribution < 1.29 is 19.1 Å². The molecule has 0 unspecified atom stereocenters. The second-order valence-corrected chi connectivity index (χ2v) is 8.36. The number of methoxy groups -OCH3 is 1. The Kier molecular flexibility index (Phi) is 7.84. The quantitative estimate of drug-likeness (QED) is 0.417. The summed E-state index contributed by atoms with van der Waals surface area (Å²) in [6.07, 6.45) is 3.26. The van der Waals surface area contributed by atoms with Crippen LogP contribution in [0.3, 0.4) is 0 Å². The number of ether oxygens (including phenoxy) is 2. The normalized spacial score (nSPS) is 15.2. The Balaban J connectivity index is 1.47. The first kappa shape index (κ1) is 24.8. The number of anilines is 3. The lowest BCUT2D eigenvalue weighted by Crippen LogP contribution is -2.48. The van der Waals surface area contributed by atoms with Crippen LogP contribution in [0.15, 0.2) is 54.7 Å². The maximum absolute atomic E-state index is 12.7. The van der Waals surface area contributed by atoms with Gasteiger partial charge in [-0.2, -0.15) is 0 Å². The Morgan fingerprint density at radius 3 is 2.50 bits per heavy atom. The van der Waals surface area contributed by atoms with Crippen molar-refractivity contribution in [2.75, 3.05) is 37.0 Å². The van der Waals surface area contributed by atoms with E-state index in [4.69, 9.17) is 15.2 Å². The molecule has 1 aromatic heterocycles. The number of aromatic nitrogens is 2. The molecular formula is C26H30N6O4. The van der Waals surface area contributed by atoms with E-state index in [9.17, 15) is 9.59 Å². The summed E-state index contributed by atoms with van der Waals surface area (Å²) in [6, 6.07) is 14.2. The summed E-state index contributed by atoms with van der Waals surface area (Å²) in [5.74, 6) is 1.49. The molecule has 188 valence electrons. The van der Waals surface area contributed by atoms with Crippen LogP contribution in [0.5, 0.6) is 11.5 Å². The molecule has 0 bridgehead atoms. The first-order valence-corrected chi connectivity index (χ1v) is 11.8. The predicted molar refractivity (Wildman–Crippen MR) is 137 cm³/mol. The number of hydrogen-bond donors (Lipinski definition) is 3. The monoisotopic (exact) mass is 490 g/mol. The van der Waals surface area contributed by atoms with Crippen molar-refractivity contribution in [1.82, 2.24) is 15.3 Å². The Morgan fingerprint density at radius 2 is 1.83 bits per heavy atom. The minimum atomic E-state index is -0.675. The van der Waals surface area contributed by atoms with E-state index in [1.54, 1.807) is 31.4 Å². The summed E-state index contributed by atoms with van der Waals surface area (Å²) in [5.41, 5.74) is 6.88. The summed E-state index contributed by atoms with van der Waals surface area (Å²) >= 11 is 0. The SMILES string of the molecule is CCOc1ccc(Nc2nc(N3CCC[C@@H](NC(=O)c4ccc(OC)cc4)C3)cnc2C(N)=O)cc1. The van der Waals surface area contributed by atoms with Crippen molar-refractivity contribution in [3.63, 3.8) is 0 Å². The highest BCUT2D eigenvalue weighted by Gasteiger charge is 2.24. The summed E-state index contributed by atoms with van der Waals surface area (Å²) < 4.78 is 10.6. The van der Waals surface area contributed by atoms with Gasteiger partial charge in [0.05, 0.1) is 19.9 Å². The smallest absolute Gasteiger partial charge is 0.271 e. The van der Waals surface area contributed by atoms with Crippen LogP contribution >= 0.6 is 0 Å². The maximum atomic E-state index is 12.7. The van der Waals surface area contributed by atoms with Gasteiger partial charge in [0.25, 0.3) is 11.8 Å². The van der Waals surface area contributed by atoms with Gasteiger partial charge in [-0.3, -0.25) is 9.59 Å². The van der Waals surface area contributed by atoms with E-state index in [0.29, 0.717) is 30.3 Å². The molecule has 0 saturated carbocycles. The Labute approximate surface area is 209 Å². The van der Waals surface area contributed by atoms with Gasteiger partial charge in [-0.25, -0.2) is 9.97 Å². The van der Waals surface area contributed by atoms with Crippen molar-refractivity contribution >= 4 is 29.1 Å². The molecule has 10 heteroatoms. The summed E-state index contributed by atoms with van der Waals surface area (Å²) in [7, 11) is 1.59. The van der Waals surface area contributed by atoms with Gasteiger partial charge in [-0.15, -0.1) is 0 Å². The second kappa shape index (κ2) is 11.4. The third-order valence-electron chi connectivity index (χ3n) is 5.85. The van der Waals surface area contributed by atoms with Crippen molar-refractivity contribution in [3.05, 3.63) is 66.0 Å². The molecule has 0 aliphatic carbocycles. The van der Waals surface area contributed by atoms with Crippen molar-refractivity contribution in [3.8, 4) is 11.5 Å². The van der Waals surface area contributed by atoms with Gasteiger partial charge < -0.3 is 30.7 Å². The number of hydrogen-bond acceptors (Lipinski definition) is 8. The number of carbonyl (C=O) groups is 2. The number of rotatable bonds is 9.